The highest BCUT2D eigenvalue weighted by molar-refractivity contribution is 5.91. The summed E-state index contributed by atoms with van der Waals surface area (Å²) in [6.07, 6.45) is -2.37. The summed E-state index contributed by atoms with van der Waals surface area (Å²) in [5.41, 5.74) is 1.55. The van der Waals surface area contributed by atoms with Gasteiger partial charge in [-0.15, -0.1) is 13.2 Å². The number of aryl methyl sites for hydroxylation is 1. The zero-order valence-corrected chi connectivity index (χ0v) is 19.2. The van der Waals surface area contributed by atoms with E-state index >= 15 is 0 Å². The van der Waals surface area contributed by atoms with E-state index in [9.17, 15) is 18.0 Å². The van der Waals surface area contributed by atoms with Crippen LogP contribution in [0.1, 0.15) is 12.1 Å². The van der Waals surface area contributed by atoms with Crippen molar-refractivity contribution in [2.75, 3.05) is 50.1 Å². The van der Waals surface area contributed by atoms with Crippen molar-refractivity contribution in [2.45, 2.75) is 19.7 Å². The number of likely N-dealkylation sites (N-methyl/N-ethyl adjacent to an activating group) is 1. The van der Waals surface area contributed by atoms with Gasteiger partial charge in [-0.1, -0.05) is 0 Å². The molecule has 1 fully saturated rings. The first-order chi connectivity index (χ1) is 16.7. The summed E-state index contributed by atoms with van der Waals surface area (Å²) in [5.74, 6) is 0.117. The number of nitrogens with one attached hydrogen (secondary N) is 1. The lowest BCUT2D eigenvalue weighted by Crippen LogP contribution is -2.30. The van der Waals surface area contributed by atoms with Crippen LogP contribution in [0.3, 0.4) is 0 Å². The van der Waals surface area contributed by atoms with E-state index in [1.54, 1.807) is 0 Å². The molecule has 3 heterocycles. The summed E-state index contributed by atoms with van der Waals surface area (Å²) in [6, 6.07) is 4.72. The molecule has 3 aromatic rings. The fraction of sp³-hybridized carbons (Fsp3) is 0.409. The molecule has 1 N–H and O–H groups in total. The Morgan fingerprint density at radius 3 is 2.54 bits per heavy atom. The average molecular weight is 491 g/mol. The molecule has 0 unspecified atom stereocenters. The van der Waals surface area contributed by atoms with Gasteiger partial charge in [0.15, 0.2) is 18.1 Å². The van der Waals surface area contributed by atoms with Gasteiger partial charge in [0.05, 0.1) is 11.9 Å². The van der Waals surface area contributed by atoms with Gasteiger partial charge >= 0.3 is 6.36 Å². The van der Waals surface area contributed by atoms with E-state index in [1.165, 1.54) is 18.3 Å². The molecule has 4 rings (SSSR count). The molecule has 1 amide bonds. The van der Waals surface area contributed by atoms with Crippen molar-refractivity contribution in [1.82, 2.24) is 24.8 Å². The van der Waals surface area contributed by atoms with Crippen LogP contribution in [-0.4, -0.2) is 76.9 Å². The number of hydrogen-bond acceptors (Lipinski definition) is 9. The lowest BCUT2D eigenvalue weighted by molar-refractivity contribution is -0.274. The minimum atomic E-state index is -4.78. The number of benzene rings is 1. The second-order valence-corrected chi connectivity index (χ2v) is 8.04. The molecule has 10 nitrogen and oxygen atoms in total. The molecule has 35 heavy (non-hydrogen) atoms. The third kappa shape index (κ3) is 6.66. The van der Waals surface area contributed by atoms with E-state index in [2.05, 4.69) is 46.8 Å². The van der Waals surface area contributed by atoms with Crippen molar-refractivity contribution < 1.29 is 27.4 Å². The standard InChI is InChI=1S/C22H24F3N7O3/c1-14-19-20(30-21(27-14)32-9-3-8-31(2)10-11-32)26-12-17(29-19)28-18(33)13-34-15-4-6-16(7-5-15)35-22(23,24)25/h4-7,12H,3,8-11,13H2,1-2H3,(H,28,29,33). The number of ether oxygens (including phenoxy) is 2. The van der Waals surface area contributed by atoms with E-state index in [0.29, 0.717) is 22.8 Å². The summed E-state index contributed by atoms with van der Waals surface area (Å²) >= 11 is 0. The number of halogens is 3. The van der Waals surface area contributed by atoms with Gasteiger partial charge in [-0.05, 0) is 51.2 Å². The molecule has 0 saturated carbocycles. The highest BCUT2D eigenvalue weighted by Crippen LogP contribution is 2.25. The Kier molecular flexibility index (Phi) is 7.15. The fourth-order valence-corrected chi connectivity index (χ4v) is 3.54. The largest absolute Gasteiger partial charge is 0.573 e. The van der Waals surface area contributed by atoms with Gasteiger partial charge in [0, 0.05) is 19.6 Å². The topological polar surface area (TPSA) is 106 Å². The number of fused-ring (bicyclic) bond motifs is 1. The number of carbonyl (C=O) groups excluding carboxylic acids is 1. The first-order valence-corrected chi connectivity index (χ1v) is 10.9. The summed E-state index contributed by atoms with van der Waals surface area (Å²) in [6.45, 7) is 5.05. The molecule has 186 valence electrons. The molecule has 1 aromatic carbocycles. The summed E-state index contributed by atoms with van der Waals surface area (Å²) < 4.78 is 45.8. The molecule has 0 spiro atoms. The van der Waals surface area contributed by atoms with Gasteiger partial charge in [0.1, 0.15) is 17.0 Å². The third-order valence-electron chi connectivity index (χ3n) is 5.27. The normalized spacial score (nSPS) is 15.1. The molecule has 0 bridgehead atoms. The molecule has 0 radical (unpaired) electrons. The Labute approximate surface area is 199 Å². The maximum absolute atomic E-state index is 12.3. The number of nitrogens with zero attached hydrogens (tertiary/aromatic N) is 6. The van der Waals surface area contributed by atoms with E-state index in [4.69, 9.17) is 4.74 Å². The first-order valence-electron chi connectivity index (χ1n) is 10.9. The van der Waals surface area contributed by atoms with Crippen molar-refractivity contribution in [3.63, 3.8) is 0 Å². The van der Waals surface area contributed by atoms with E-state index in [1.807, 2.05) is 6.92 Å². The van der Waals surface area contributed by atoms with Gasteiger partial charge in [-0.3, -0.25) is 4.79 Å². The van der Waals surface area contributed by atoms with Gasteiger partial charge in [-0.25, -0.2) is 15.0 Å². The number of anilines is 2. The quantitative estimate of drug-likeness (QED) is 0.557. The second kappa shape index (κ2) is 10.3. The van der Waals surface area contributed by atoms with Gasteiger partial charge < -0.3 is 24.6 Å². The minimum absolute atomic E-state index is 0.204. The van der Waals surface area contributed by atoms with Crippen molar-refractivity contribution in [1.29, 1.82) is 0 Å². The molecule has 1 aliphatic rings. The van der Waals surface area contributed by atoms with Crippen molar-refractivity contribution in [2.24, 2.45) is 0 Å². The predicted molar refractivity (Wildman–Crippen MR) is 121 cm³/mol. The monoisotopic (exact) mass is 491 g/mol. The third-order valence-corrected chi connectivity index (χ3v) is 5.27. The molecule has 2 aromatic heterocycles. The molecule has 0 aliphatic carbocycles. The van der Waals surface area contributed by atoms with E-state index in [-0.39, 0.29) is 23.9 Å². The van der Waals surface area contributed by atoms with Crippen LogP contribution in [-0.2, 0) is 4.79 Å². The van der Waals surface area contributed by atoms with Crippen LogP contribution in [0.4, 0.5) is 24.9 Å². The minimum Gasteiger partial charge on any atom is -0.484 e. The zero-order valence-electron chi connectivity index (χ0n) is 19.2. The number of rotatable bonds is 6. The highest BCUT2D eigenvalue weighted by Gasteiger charge is 2.31. The lowest BCUT2D eigenvalue weighted by atomic mass is 10.3. The Balaban J connectivity index is 1.37. The van der Waals surface area contributed by atoms with Crippen LogP contribution in [0.2, 0.25) is 0 Å². The zero-order chi connectivity index (χ0) is 25.0. The number of carbonyl (C=O) groups is 1. The number of amides is 1. The van der Waals surface area contributed by atoms with E-state index < -0.39 is 12.3 Å². The summed E-state index contributed by atoms with van der Waals surface area (Å²) in [4.78, 5) is 34.6. The molecule has 1 saturated heterocycles. The Bertz CT molecular complexity index is 1190. The van der Waals surface area contributed by atoms with E-state index in [0.717, 1.165) is 44.7 Å². The molecule has 13 heteroatoms. The van der Waals surface area contributed by atoms with Crippen molar-refractivity contribution in [3.05, 3.63) is 36.2 Å². The summed E-state index contributed by atoms with van der Waals surface area (Å²) in [5, 5.41) is 2.58. The Morgan fingerprint density at radius 2 is 1.80 bits per heavy atom. The van der Waals surface area contributed by atoms with Crippen LogP contribution in [0, 0.1) is 6.92 Å². The van der Waals surface area contributed by atoms with Crippen LogP contribution in [0.5, 0.6) is 11.5 Å². The predicted octanol–water partition coefficient (Wildman–Crippen LogP) is 2.79. The van der Waals surface area contributed by atoms with Gasteiger partial charge in [-0.2, -0.15) is 4.98 Å². The Morgan fingerprint density at radius 1 is 1.06 bits per heavy atom. The van der Waals surface area contributed by atoms with Crippen LogP contribution < -0.4 is 19.7 Å². The summed E-state index contributed by atoms with van der Waals surface area (Å²) in [7, 11) is 2.09. The SMILES string of the molecule is Cc1nc(N2CCCN(C)CC2)nc2ncc(NC(=O)COc3ccc(OC(F)(F)F)cc3)nc12. The van der Waals surface area contributed by atoms with Crippen molar-refractivity contribution >= 4 is 28.8 Å². The molecule has 0 atom stereocenters. The lowest BCUT2D eigenvalue weighted by Gasteiger charge is -2.21. The fourth-order valence-electron chi connectivity index (χ4n) is 3.54. The number of aromatic nitrogens is 4. The number of hydrogen-bond donors (Lipinski definition) is 1. The average Bonchev–Trinajstić information content (AvgIpc) is 3.02. The Hall–Kier alpha value is -3.74. The number of alkyl halides is 3. The molecule has 1 aliphatic heterocycles. The van der Waals surface area contributed by atoms with Crippen molar-refractivity contribution in [3.8, 4) is 11.5 Å². The maximum atomic E-state index is 12.3. The maximum Gasteiger partial charge on any atom is 0.573 e. The second-order valence-electron chi connectivity index (χ2n) is 8.04. The molecular weight excluding hydrogens is 467 g/mol. The van der Waals surface area contributed by atoms with Crippen LogP contribution in [0.15, 0.2) is 30.5 Å². The van der Waals surface area contributed by atoms with Crippen LogP contribution in [0.25, 0.3) is 11.2 Å². The highest BCUT2D eigenvalue weighted by atomic mass is 19.4. The molecular formula is C22H24F3N7O3. The van der Waals surface area contributed by atoms with Gasteiger partial charge in [0.25, 0.3) is 5.91 Å². The van der Waals surface area contributed by atoms with Gasteiger partial charge in [0.2, 0.25) is 5.95 Å². The van der Waals surface area contributed by atoms with Crippen LogP contribution >= 0.6 is 0 Å². The smallest absolute Gasteiger partial charge is 0.484 e. The first kappa shape index (κ1) is 24.4.